The zero-order chi connectivity index (χ0) is 26.2. The lowest BCUT2D eigenvalue weighted by molar-refractivity contribution is 1.33. The summed E-state index contributed by atoms with van der Waals surface area (Å²) in [5, 5.41) is 12.1. The molecule has 0 aliphatic heterocycles. The third-order valence-corrected chi connectivity index (χ3v) is 8.56. The van der Waals surface area contributed by atoms with E-state index in [1.807, 2.05) is 47.9 Å². The molecule has 0 fully saturated rings. The van der Waals surface area contributed by atoms with E-state index in [2.05, 4.69) is 102 Å². The molecule has 7 aromatic rings. The Morgan fingerprint density at radius 2 is 1.03 bits per heavy atom. The molecule has 182 valence electrons. The maximum Gasteiger partial charge on any atom is 0.0998 e. The summed E-state index contributed by atoms with van der Waals surface area (Å²) in [5.41, 5.74) is 9.86. The summed E-state index contributed by atoms with van der Waals surface area (Å²) >= 11 is 1.86. The highest BCUT2D eigenvalue weighted by molar-refractivity contribution is 7.26. The maximum absolute atomic E-state index is 9.52. The highest BCUT2D eigenvalue weighted by atomic mass is 32.1. The van der Waals surface area contributed by atoms with E-state index in [9.17, 15) is 5.26 Å². The fourth-order valence-electron chi connectivity index (χ4n) is 5.31. The number of nitrogens with zero attached hydrogens (tertiary/aromatic N) is 2. The second-order valence-electron chi connectivity index (χ2n) is 9.52. The Hall–Kier alpha value is -5.04. The number of rotatable bonds is 4. The molecule has 3 heteroatoms. The van der Waals surface area contributed by atoms with Gasteiger partial charge in [0.2, 0.25) is 0 Å². The van der Waals surface area contributed by atoms with Crippen LogP contribution in [-0.2, 0) is 0 Å². The second-order valence-corrected chi connectivity index (χ2v) is 10.5. The van der Waals surface area contributed by atoms with Crippen molar-refractivity contribution in [3.63, 3.8) is 0 Å². The van der Waals surface area contributed by atoms with Gasteiger partial charge in [0.15, 0.2) is 0 Å². The van der Waals surface area contributed by atoms with Crippen LogP contribution in [0.1, 0.15) is 5.56 Å². The zero-order valence-electron chi connectivity index (χ0n) is 21.0. The zero-order valence-corrected chi connectivity index (χ0v) is 21.8. The van der Waals surface area contributed by atoms with Gasteiger partial charge in [0.05, 0.1) is 11.6 Å². The predicted octanol–water partition coefficient (Wildman–Crippen LogP) is 9.99. The summed E-state index contributed by atoms with van der Waals surface area (Å²) in [7, 11) is 0. The fourth-order valence-corrected chi connectivity index (χ4v) is 6.68. The first-order valence-electron chi connectivity index (χ1n) is 12.9. The minimum absolute atomic E-state index is 0.692. The Balaban J connectivity index is 1.31. The molecule has 39 heavy (non-hydrogen) atoms. The third-order valence-electron chi connectivity index (χ3n) is 7.27. The Labute approximate surface area is 231 Å². The van der Waals surface area contributed by atoms with Crippen LogP contribution in [0.5, 0.6) is 0 Å². The number of benzene rings is 5. The number of thiophene rings is 1. The van der Waals surface area contributed by atoms with Crippen LogP contribution in [0.4, 0.5) is 0 Å². The standard InChI is InChI=1S/C36H22N2S/c37-22-28-6-1-2-8-30(28)25-17-19-27(20-18-25)32-10-4-12-34-33-11-3-9-31(35(33)39-36(32)34)26-15-13-24(14-16-26)29-7-5-21-38-23-29/h1-21,23H. The summed E-state index contributed by atoms with van der Waals surface area (Å²) in [6.07, 6.45) is 3.70. The average Bonchev–Trinajstić information content (AvgIpc) is 3.41. The SMILES string of the molecule is N#Cc1ccccc1-c1ccc(-c2cccc3c2sc2c(-c4ccc(-c5cccnc5)cc4)cccc23)cc1. The number of fused-ring (bicyclic) bond motifs is 3. The Morgan fingerprint density at radius 1 is 0.487 bits per heavy atom. The van der Waals surface area contributed by atoms with Crippen LogP contribution in [0.15, 0.2) is 134 Å². The number of nitriles is 1. The van der Waals surface area contributed by atoms with Crippen molar-refractivity contribution < 1.29 is 0 Å². The molecule has 0 aliphatic rings. The molecular formula is C36H22N2S. The van der Waals surface area contributed by atoms with Crippen LogP contribution < -0.4 is 0 Å². The number of pyridine rings is 1. The minimum Gasteiger partial charge on any atom is -0.264 e. The van der Waals surface area contributed by atoms with Gasteiger partial charge in [-0.1, -0.05) is 109 Å². The monoisotopic (exact) mass is 514 g/mol. The molecule has 0 spiro atoms. The highest BCUT2D eigenvalue weighted by Crippen LogP contribution is 2.44. The molecule has 0 saturated heterocycles. The third kappa shape index (κ3) is 4.08. The van der Waals surface area contributed by atoms with Gasteiger partial charge in [-0.15, -0.1) is 11.3 Å². The Bertz CT molecular complexity index is 2000. The summed E-state index contributed by atoms with van der Waals surface area (Å²) in [4.78, 5) is 4.26. The van der Waals surface area contributed by atoms with Crippen LogP contribution in [-0.4, -0.2) is 4.98 Å². The van der Waals surface area contributed by atoms with E-state index in [0.29, 0.717) is 5.56 Å². The first kappa shape index (κ1) is 23.1. The van der Waals surface area contributed by atoms with Gasteiger partial charge in [-0.25, -0.2) is 0 Å². The average molecular weight is 515 g/mol. The van der Waals surface area contributed by atoms with Crippen molar-refractivity contribution in [2.75, 3.05) is 0 Å². The molecule has 5 aromatic carbocycles. The summed E-state index contributed by atoms with van der Waals surface area (Å²) in [6, 6.07) is 44.7. The summed E-state index contributed by atoms with van der Waals surface area (Å²) < 4.78 is 2.59. The minimum atomic E-state index is 0.692. The maximum atomic E-state index is 9.52. The molecule has 0 radical (unpaired) electrons. The molecule has 7 rings (SSSR count). The lowest BCUT2D eigenvalue weighted by atomic mass is 9.96. The van der Waals surface area contributed by atoms with Gasteiger partial charge in [-0.05, 0) is 56.6 Å². The van der Waals surface area contributed by atoms with E-state index in [4.69, 9.17) is 0 Å². The molecule has 2 aromatic heterocycles. The van der Waals surface area contributed by atoms with Crippen molar-refractivity contribution in [3.8, 4) is 50.6 Å². The van der Waals surface area contributed by atoms with Gasteiger partial charge in [-0.2, -0.15) is 5.26 Å². The molecular weight excluding hydrogens is 492 g/mol. The Kier molecular flexibility index (Phi) is 5.74. The van der Waals surface area contributed by atoms with Crippen molar-refractivity contribution in [1.29, 1.82) is 5.26 Å². The van der Waals surface area contributed by atoms with Gasteiger partial charge >= 0.3 is 0 Å². The van der Waals surface area contributed by atoms with Crippen LogP contribution in [0.25, 0.3) is 64.7 Å². The molecule has 0 amide bonds. The summed E-state index contributed by atoms with van der Waals surface area (Å²) in [5.74, 6) is 0. The van der Waals surface area contributed by atoms with Crippen LogP contribution in [0.3, 0.4) is 0 Å². The van der Waals surface area contributed by atoms with E-state index in [0.717, 1.165) is 16.7 Å². The number of hydrogen-bond acceptors (Lipinski definition) is 3. The predicted molar refractivity (Wildman–Crippen MR) is 164 cm³/mol. The van der Waals surface area contributed by atoms with Crippen molar-refractivity contribution in [2.45, 2.75) is 0 Å². The highest BCUT2D eigenvalue weighted by Gasteiger charge is 2.14. The van der Waals surface area contributed by atoms with Gasteiger partial charge in [0.1, 0.15) is 0 Å². The molecule has 0 unspecified atom stereocenters. The van der Waals surface area contributed by atoms with E-state index in [-0.39, 0.29) is 0 Å². The quantitative estimate of drug-likeness (QED) is 0.234. The van der Waals surface area contributed by atoms with E-state index >= 15 is 0 Å². The van der Waals surface area contributed by atoms with Gasteiger partial charge in [-0.3, -0.25) is 4.98 Å². The molecule has 2 heterocycles. The van der Waals surface area contributed by atoms with Gasteiger partial charge < -0.3 is 0 Å². The normalized spacial score (nSPS) is 11.1. The smallest absolute Gasteiger partial charge is 0.0998 e. The molecule has 0 aliphatic carbocycles. The summed E-state index contributed by atoms with van der Waals surface area (Å²) in [6.45, 7) is 0. The molecule has 0 N–H and O–H groups in total. The first-order chi connectivity index (χ1) is 19.3. The topological polar surface area (TPSA) is 36.7 Å². The Morgan fingerprint density at radius 3 is 1.59 bits per heavy atom. The van der Waals surface area contributed by atoms with Gasteiger partial charge in [0, 0.05) is 32.6 Å². The van der Waals surface area contributed by atoms with Gasteiger partial charge in [0.25, 0.3) is 0 Å². The molecule has 0 atom stereocenters. The van der Waals surface area contributed by atoms with E-state index < -0.39 is 0 Å². The van der Waals surface area contributed by atoms with Crippen LogP contribution in [0, 0.1) is 11.3 Å². The van der Waals surface area contributed by atoms with Crippen molar-refractivity contribution >= 4 is 31.5 Å². The number of hydrogen-bond donors (Lipinski definition) is 0. The van der Waals surface area contributed by atoms with Crippen molar-refractivity contribution in [2.24, 2.45) is 0 Å². The number of aromatic nitrogens is 1. The molecule has 2 nitrogen and oxygen atoms in total. The van der Waals surface area contributed by atoms with E-state index in [1.54, 1.807) is 6.20 Å². The van der Waals surface area contributed by atoms with Crippen LogP contribution in [0.2, 0.25) is 0 Å². The second kappa shape index (κ2) is 9.68. The fraction of sp³-hybridized carbons (Fsp3) is 0. The van der Waals surface area contributed by atoms with E-state index in [1.165, 1.54) is 48.0 Å². The lowest BCUT2D eigenvalue weighted by Gasteiger charge is -2.07. The van der Waals surface area contributed by atoms with Crippen molar-refractivity contribution in [3.05, 3.63) is 139 Å². The lowest BCUT2D eigenvalue weighted by Crippen LogP contribution is -1.84. The van der Waals surface area contributed by atoms with Crippen LogP contribution >= 0.6 is 11.3 Å². The molecule has 0 saturated carbocycles. The largest absolute Gasteiger partial charge is 0.264 e. The first-order valence-corrected chi connectivity index (χ1v) is 13.7. The molecule has 0 bridgehead atoms. The van der Waals surface area contributed by atoms with Crippen molar-refractivity contribution in [1.82, 2.24) is 4.98 Å².